The number of fused-ring (bicyclic) bond motifs is 3. The van der Waals surface area contributed by atoms with Crippen molar-refractivity contribution in [2.75, 3.05) is 5.73 Å². The SMILES string of the molecule is CCC(C)C(NC(=O)OCc1ccccc1)C(=O)N[C@]1(C(=O)N[C@@H](c2nnc(N)o2)[C@@H](C)CC)CCc2[nH]c3c(Cl)cc(Cl)cc3c2C1. The Labute approximate surface area is 288 Å². The number of benzene rings is 2. The highest BCUT2D eigenvalue weighted by atomic mass is 35.5. The van der Waals surface area contributed by atoms with Gasteiger partial charge in [0.15, 0.2) is 0 Å². The van der Waals surface area contributed by atoms with Gasteiger partial charge in [-0.05, 0) is 47.9 Å². The Bertz CT molecular complexity index is 1780. The lowest BCUT2D eigenvalue weighted by atomic mass is 9.78. The van der Waals surface area contributed by atoms with E-state index in [-0.39, 0.29) is 43.2 Å². The van der Waals surface area contributed by atoms with Gasteiger partial charge in [0, 0.05) is 22.5 Å². The zero-order valence-electron chi connectivity index (χ0n) is 27.4. The normalized spacial score (nSPS) is 18.3. The molecule has 3 amide bonds. The van der Waals surface area contributed by atoms with E-state index < -0.39 is 35.5 Å². The summed E-state index contributed by atoms with van der Waals surface area (Å²) in [4.78, 5) is 45.2. The molecule has 0 saturated carbocycles. The number of anilines is 1. The Morgan fingerprint density at radius 2 is 1.79 bits per heavy atom. The summed E-state index contributed by atoms with van der Waals surface area (Å²) in [6.07, 6.45) is 1.32. The fourth-order valence-corrected chi connectivity index (χ4v) is 6.61. The first-order chi connectivity index (χ1) is 22.9. The van der Waals surface area contributed by atoms with Crippen LogP contribution >= 0.6 is 23.2 Å². The summed E-state index contributed by atoms with van der Waals surface area (Å²) < 4.78 is 11.0. The second-order valence-electron chi connectivity index (χ2n) is 12.5. The minimum absolute atomic E-state index is 0.0412. The number of aryl methyl sites for hydroxylation is 1. The molecular weight excluding hydrogens is 657 g/mol. The molecule has 2 unspecified atom stereocenters. The van der Waals surface area contributed by atoms with Crippen molar-refractivity contribution < 1.29 is 23.5 Å². The molecule has 48 heavy (non-hydrogen) atoms. The van der Waals surface area contributed by atoms with Crippen LogP contribution in [0.4, 0.5) is 10.8 Å². The molecular formula is C34H41Cl2N7O5. The highest BCUT2D eigenvalue weighted by Gasteiger charge is 2.47. The first-order valence-electron chi connectivity index (χ1n) is 16.1. The highest BCUT2D eigenvalue weighted by molar-refractivity contribution is 6.38. The maximum absolute atomic E-state index is 14.6. The van der Waals surface area contributed by atoms with Crippen molar-refractivity contribution in [3.8, 4) is 0 Å². The van der Waals surface area contributed by atoms with Gasteiger partial charge in [-0.1, -0.05) is 99.2 Å². The molecule has 0 bridgehead atoms. The van der Waals surface area contributed by atoms with Gasteiger partial charge in [-0.2, -0.15) is 0 Å². The van der Waals surface area contributed by atoms with Crippen LogP contribution in [-0.2, 0) is 33.8 Å². The molecule has 256 valence electrons. The van der Waals surface area contributed by atoms with Crippen molar-refractivity contribution in [1.29, 1.82) is 0 Å². The van der Waals surface area contributed by atoms with E-state index in [2.05, 4.69) is 31.1 Å². The molecule has 4 aromatic rings. The Morgan fingerprint density at radius 3 is 2.46 bits per heavy atom. The second kappa shape index (κ2) is 14.9. The van der Waals surface area contributed by atoms with Crippen LogP contribution < -0.4 is 21.7 Å². The molecule has 2 aromatic carbocycles. The van der Waals surface area contributed by atoms with Crippen molar-refractivity contribution in [1.82, 2.24) is 31.1 Å². The summed E-state index contributed by atoms with van der Waals surface area (Å²) >= 11 is 12.9. The molecule has 1 aliphatic carbocycles. The fraction of sp³-hybridized carbons (Fsp3) is 0.441. The number of halogens is 2. The third kappa shape index (κ3) is 7.55. The van der Waals surface area contributed by atoms with Gasteiger partial charge < -0.3 is 35.8 Å². The van der Waals surface area contributed by atoms with Gasteiger partial charge in [-0.25, -0.2) is 4.79 Å². The number of alkyl carbamates (subject to hydrolysis) is 1. The van der Waals surface area contributed by atoms with Crippen LogP contribution in [-0.4, -0.2) is 44.7 Å². The molecule has 14 heteroatoms. The van der Waals surface area contributed by atoms with Crippen LogP contribution in [0.5, 0.6) is 0 Å². The third-order valence-corrected chi connectivity index (χ3v) is 9.82. The maximum atomic E-state index is 14.6. The zero-order valence-corrected chi connectivity index (χ0v) is 28.9. The van der Waals surface area contributed by atoms with Gasteiger partial charge in [0.2, 0.25) is 17.7 Å². The lowest BCUT2D eigenvalue weighted by Crippen LogP contribution is -2.65. The summed E-state index contributed by atoms with van der Waals surface area (Å²) in [5, 5.41) is 18.4. The van der Waals surface area contributed by atoms with E-state index in [9.17, 15) is 14.4 Å². The number of rotatable bonds is 12. The third-order valence-electron chi connectivity index (χ3n) is 9.30. The second-order valence-corrected chi connectivity index (χ2v) is 13.4. The van der Waals surface area contributed by atoms with Gasteiger partial charge in [-0.3, -0.25) is 9.59 Å². The van der Waals surface area contributed by atoms with E-state index >= 15 is 0 Å². The number of nitrogen functional groups attached to an aromatic ring is 1. The number of aromatic nitrogens is 3. The number of amides is 3. The van der Waals surface area contributed by atoms with Crippen LogP contribution in [0.3, 0.4) is 0 Å². The molecule has 2 heterocycles. The number of hydrogen-bond donors (Lipinski definition) is 5. The lowest BCUT2D eigenvalue weighted by molar-refractivity contribution is -0.136. The van der Waals surface area contributed by atoms with Crippen LogP contribution in [0.15, 0.2) is 46.9 Å². The number of aromatic amines is 1. The Morgan fingerprint density at radius 1 is 1.06 bits per heavy atom. The molecule has 2 aromatic heterocycles. The summed E-state index contributed by atoms with van der Waals surface area (Å²) in [6.45, 7) is 7.74. The predicted octanol–water partition coefficient (Wildman–Crippen LogP) is 6.03. The van der Waals surface area contributed by atoms with E-state index in [0.717, 1.165) is 22.2 Å². The minimum atomic E-state index is -1.44. The highest BCUT2D eigenvalue weighted by Crippen LogP contribution is 2.39. The lowest BCUT2D eigenvalue weighted by Gasteiger charge is -2.39. The number of H-pyrrole nitrogens is 1. The van der Waals surface area contributed by atoms with Crippen LogP contribution in [0.1, 0.15) is 75.7 Å². The van der Waals surface area contributed by atoms with Crippen LogP contribution in [0.2, 0.25) is 10.0 Å². The van der Waals surface area contributed by atoms with E-state index in [4.69, 9.17) is 38.1 Å². The monoisotopic (exact) mass is 697 g/mol. The van der Waals surface area contributed by atoms with Crippen LogP contribution in [0.25, 0.3) is 10.9 Å². The quantitative estimate of drug-likeness (QED) is 0.119. The molecule has 5 atom stereocenters. The summed E-state index contributed by atoms with van der Waals surface area (Å²) in [5.74, 6) is -1.19. The molecule has 0 fully saturated rings. The van der Waals surface area contributed by atoms with Crippen molar-refractivity contribution in [3.63, 3.8) is 0 Å². The van der Waals surface area contributed by atoms with Crippen molar-refractivity contribution in [3.05, 3.63) is 75.2 Å². The Kier molecular flexibility index (Phi) is 10.8. The van der Waals surface area contributed by atoms with Crippen molar-refractivity contribution in [2.24, 2.45) is 11.8 Å². The first kappa shape index (κ1) is 35.0. The Hall–Kier alpha value is -4.29. The topological polar surface area (TPSA) is 177 Å². The summed E-state index contributed by atoms with van der Waals surface area (Å²) in [6, 6.07) is 10.9. The zero-order chi connectivity index (χ0) is 34.6. The number of carbonyl (C=O) groups excluding carboxylic acids is 3. The molecule has 5 rings (SSSR count). The standard InChI is InChI=1S/C34H41Cl2N7O5/c1-5-18(3)26(40-33(46)47-17-20-10-8-7-9-11-20)29(44)41-34(31(45)39-27(19(4)6-2)30-42-43-32(37)48-30)13-12-25-23(16-34)22-14-21(35)15-24(36)28(22)38-25/h7-11,14-15,18-19,26-27,38H,5-6,12-13,16-17H2,1-4H3,(H2,37,43)(H,39,45)(H,40,46)(H,41,44)/t18?,19-,26?,27+,34+/m0/s1. The molecule has 0 radical (unpaired) electrons. The first-order valence-corrected chi connectivity index (χ1v) is 16.9. The maximum Gasteiger partial charge on any atom is 0.408 e. The molecule has 0 saturated heterocycles. The molecule has 0 spiro atoms. The number of nitrogens with two attached hydrogens (primary N) is 1. The average Bonchev–Trinajstić information content (AvgIpc) is 3.67. The van der Waals surface area contributed by atoms with Gasteiger partial charge in [-0.15, -0.1) is 5.10 Å². The number of nitrogens with one attached hydrogen (secondary N) is 4. The summed E-state index contributed by atoms with van der Waals surface area (Å²) in [7, 11) is 0. The van der Waals surface area contributed by atoms with Gasteiger partial charge >= 0.3 is 12.1 Å². The number of ether oxygens (including phenoxy) is 1. The molecule has 6 N–H and O–H groups in total. The number of hydrogen-bond acceptors (Lipinski definition) is 8. The van der Waals surface area contributed by atoms with Crippen molar-refractivity contribution in [2.45, 2.75) is 84.0 Å². The van der Waals surface area contributed by atoms with E-state index in [1.54, 1.807) is 12.1 Å². The smallest absolute Gasteiger partial charge is 0.408 e. The predicted molar refractivity (Wildman–Crippen MR) is 183 cm³/mol. The largest absolute Gasteiger partial charge is 0.445 e. The molecule has 12 nitrogen and oxygen atoms in total. The van der Waals surface area contributed by atoms with Crippen molar-refractivity contribution >= 4 is 58.0 Å². The van der Waals surface area contributed by atoms with Crippen LogP contribution in [0, 0.1) is 11.8 Å². The van der Waals surface area contributed by atoms with E-state index in [1.807, 2.05) is 58.0 Å². The number of carbonyl (C=O) groups is 3. The van der Waals surface area contributed by atoms with Gasteiger partial charge in [0.25, 0.3) is 0 Å². The van der Waals surface area contributed by atoms with Gasteiger partial charge in [0.05, 0.1) is 10.5 Å². The average molecular weight is 699 g/mol. The molecule has 0 aliphatic heterocycles. The van der Waals surface area contributed by atoms with E-state index in [0.29, 0.717) is 34.8 Å². The fourth-order valence-electron chi connectivity index (χ4n) is 6.07. The number of nitrogens with zero attached hydrogens (tertiary/aromatic N) is 2. The molecule has 1 aliphatic rings. The summed E-state index contributed by atoms with van der Waals surface area (Å²) in [5.41, 5.74) is 7.52. The minimum Gasteiger partial charge on any atom is -0.445 e. The van der Waals surface area contributed by atoms with E-state index in [1.165, 1.54) is 0 Å². The Balaban J connectivity index is 1.47. The van der Waals surface area contributed by atoms with Gasteiger partial charge in [0.1, 0.15) is 24.2 Å².